The number of aryl methyl sites for hydroxylation is 2. The number of carbonyl (C=O) groups is 1. The fraction of sp³-hybridized carbons (Fsp3) is 0.714. The van der Waals surface area contributed by atoms with Crippen molar-refractivity contribution in [2.24, 2.45) is 5.41 Å². The third-order valence-corrected chi connectivity index (χ3v) is 4.46. The fourth-order valence-corrected chi connectivity index (χ4v) is 2.82. The monoisotopic (exact) mass is 280 g/mol. The molecule has 2 rings (SSSR count). The van der Waals surface area contributed by atoms with Crippen molar-refractivity contribution in [1.29, 1.82) is 0 Å². The molecule has 1 aromatic heterocycles. The molecule has 0 aliphatic heterocycles. The predicted octanol–water partition coefficient (Wildman–Crippen LogP) is 1.34. The smallest absolute Gasteiger partial charge is 0.271 e. The molecule has 0 radical (unpaired) electrons. The predicted molar refractivity (Wildman–Crippen MR) is 77.5 cm³/mol. The molecule has 20 heavy (non-hydrogen) atoms. The Morgan fingerprint density at radius 3 is 2.75 bits per heavy atom. The fourth-order valence-electron chi connectivity index (χ4n) is 2.82. The maximum absolute atomic E-state index is 12.5. The zero-order chi connectivity index (χ0) is 15.1. The van der Waals surface area contributed by atoms with E-state index in [1.165, 1.54) is 0 Å². The number of anilines is 1. The molecule has 2 unspecified atom stereocenters. The molecule has 0 aromatic carbocycles. The third-order valence-electron chi connectivity index (χ3n) is 4.46. The molecule has 6 nitrogen and oxygen atoms in total. The van der Waals surface area contributed by atoms with Crippen LogP contribution in [0.3, 0.4) is 0 Å². The summed E-state index contributed by atoms with van der Waals surface area (Å²) in [5, 5.41) is 7.33. The van der Waals surface area contributed by atoms with Crippen LogP contribution < -0.4 is 11.1 Å². The number of amides is 1. The summed E-state index contributed by atoms with van der Waals surface area (Å²) in [6, 6.07) is 0.0971. The summed E-state index contributed by atoms with van der Waals surface area (Å²) in [4.78, 5) is 12.5. The van der Waals surface area contributed by atoms with Crippen LogP contribution in [0, 0.1) is 12.3 Å². The van der Waals surface area contributed by atoms with Gasteiger partial charge in [-0.2, -0.15) is 5.10 Å². The Labute approximate surface area is 119 Å². The number of nitrogen functional groups attached to an aromatic ring is 1. The molecular weight excluding hydrogens is 256 g/mol. The number of hydrogen-bond acceptors (Lipinski definition) is 4. The Morgan fingerprint density at radius 1 is 1.60 bits per heavy atom. The number of ether oxygens (including phenoxy) is 1. The summed E-state index contributed by atoms with van der Waals surface area (Å²) in [7, 11) is 1.71. The highest BCUT2D eigenvalue weighted by atomic mass is 16.5. The number of aromatic nitrogens is 2. The lowest BCUT2D eigenvalue weighted by molar-refractivity contribution is -0.0943. The lowest BCUT2D eigenvalue weighted by Gasteiger charge is -2.51. The summed E-state index contributed by atoms with van der Waals surface area (Å²) >= 11 is 0. The minimum Gasteiger partial charge on any atom is -0.395 e. The Bertz CT molecular complexity index is 521. The lowest BCUT2D eigenvalue weighted by Crippen LogP contribution is -2.61. The van der Waals surface area contributed by atoms with Gasteiger partial charge in [0.05, 0.1) is 17.5 Å². The van der Waals surface area contributed by atoms with E-state index in [0.717, 1.165) is 6.42 Å². The van der Waals surface area contributed by atoms with Crippen LogP contribution in [0.2, 0.25) is 0 Å². The van der Waals surface area contributed by atoms with Gasteiger partial charge in [0.2, 0.25) is 0 Å². The van der Waals surface area contributed by atoms with E-state index in [4.69, 9.17) is 10.5 Å². The summed E-state index contributed by atoms with van der Waals surface area (Å²) in [6.07, 6.45) is 1.01. The van der Waals surface area contributed by atoms with Gasteiger partial charge < -0.3 is 15.8 Å². The van der Waals surface area contributed by atoms with Crippen molar-refractivity contribution in [1.82, 2.24) is 15.1 Å². The molecule has 3 N–H and O–H groups in total. The Balaban J connectivity index is 2.14. The number of nitrogens with zero attached hydrogens (tertiary/aromatic N) is 2. The molecule has 1 heterocycles. The van der Waals surface area contributed by atoms with Crippen molar-refractivity contribution < 1.29 is 9.53 Å². The number of methoxy groups -OCH3 is 1. The Morgan fingerprint density at radius 2 is 2.25 bits per heavy atom. The average molecular weight is 280 g/mol. The lowest BCUT2D eigenvalue weighted by atomic mass is 9.64. The second kappa shape index (κ2) is 5.09. The highest BCUT2D eigenvalue weighted by Gasteiger charge is 2.49. The van der Waals surface area contributed by atoms with E-state index < -0.39 is 0 Å². The molecule has 0 spiro atoms. The van der Waals surface area contributed by atoms with Gasteiger partial charge in [-0.1, -0.05) is 13.8 Å². The largest absolute Gasteiger partial charge is 0.395 e. The molecular formula is C14H24N4O2. The maximum atomic E-state index is 12.5. The zero-order valence-electron chi connectivity index (χ0n) is 12.9. The summed E-state index contributed by atoms with van der Waals surface area (Å²) in [5.41, 5.74) is 7.52. The van der Waals surface area contributed by atoms with Crippen molar-refractivity contribution in [3.63, 3.8) is 0 Å². The first-order chi connectivity index (χ1) is 9.32. The van der Waals surface area contributed by atoms with Crippen LogP contribution in [0.15, 0.2) is 0 Å². The van der Waals surface area contributed by atoms with E-state index in [9.17, 15) is 4.79 Å². The van der Waals surface area contributed by atoms with E-state index in [1.54, 1.807) is 11.8 Å². The molecule has 1 aromatic rings. The maximum Gasteiger partial charge on any atom is 0.271 e. The second-order valence-corrected chi connectivity index (χ2v) is 5.97. The van der Waals surface area contributed by atoms with Gasteiger partial charge in [0, 0.05) is 25.1 Å². The van der Waals surface area contributed by atoms with Gasteiger partial charge in [-0.25, -0.2) is 0 Å². The van der Waals surface area contributed by atoms with E-state index in [2.05, 4.69) is 24.3 Å². The van der Waals surface area contributed by atoms with Gasteiger partial charge in [-0.05, 0) is 20.3 Å². The highest BCUT2D eigenvalue weighted by molar-refractivity contribution is 5.98. The van der Waals surface area contributed by atoms with Crippen LogP contribution in [0.25, 0.3) is 0 Å². The van der Waals surface area contributed by atoms with Crippen LogP contribution in [-0.2, 0) is 11.3 Å². The first-order valence-corrected chi connectivity index (χ1v) is 6.99. The summed E-state index contributed by atoms with van der Waals surface area (Å²) in [6.45, 7) is 8.57. The molecule has 0 bridgehead atoms. The normalized spacial score (nSPS) is 24.2. The van der Waals surface area contributed by atoms with Crippen LogP contribution in [-0.4, -0.2) is 34.9 Å². The van der Waals surface area contributed by atoms with Crippen LogP contribution in [0.5, 0.6) is 0 Å². The minimum absolute atomic E-state index is 0.0642. The zero-order valence-corrected chi connectivity index (χ0v) is 12.9. The molecule has 2 atom stereocenters. The average Bonchev–Trinajstić information content (AvgIpc) is 2.69. The first kappa shape index (κ1) is 14.8. The van der Waals surface area contributed by atoms with Gasteiger partial charge in [-0.15, -0.1) is 0 Å². The molecule has 6 heteroatoms. The van der Waals surface area contributed by atoms with Gasteiger partial charge in [0.1, 0.15) is 5.69 Å². The first-order valence-electron chi connectivity index (χ1n) is 6.99. The number of carbonyl (C=O) groups excluding carboxylic acids is 1. The molecule has 1 amide bonds. The molecule has 1 fully saturated rings. The quantitative estimate of drug-likeness (QED) is 0.872. The molecule has 1 aliphatic carbocycles. The van der Waals surface area contributed by atoms with Gasteiger partial charge >= 0.3 is 0 Å². The number of rotatable bonds is 4. The number of hydrogen-bond donors (Lipinski definition) is 2. The standard InChI is InChI=1S/C14H24N4O2/c1-6-18-12(11(15)8(2)17-18)13(19)16-9-7-10(20-5)14(9,3)4/h9-10H,6-7,15H2,1-5H3,(H,16,19). The second-order valence-electron chi connectivity index (χ2n) is 5.97. The third kappa shape index (κ3) is 2.18. The van der Waals surface area contributed by atoms with E-state index in [-0.39, 0.29) is 23.5 Å². The molecule has 112 valence electrons. The van der Waals surface area contributed by atoms with Crippen LogP contribution >= 0.6 is 0 Å². The van der Waals surface area contributed by atoms with Gasteiger partial charge in [0.15, 0.2) is 0 Å². The Hall–Kier alpha value is -1.56. The van der Waals surface area contributed by atoms with Gasteiger partial charge in [0.25, 0.3) is 5.91 Å². The SMILES string of the molecule is CCn1nc(C)c(N)c1C(=O)NC1CC(OC)C1(C)C. The van der Waals surface area contributed by atoms with Crippen LogP contribution in [0.1, 0.15) is 43.4 Å². The summed E-state index contributed by atoms with van der Waals surface area (Å²) < 4.78 is 7.05. The van der Waals surface area contributed by atoms with E-state index >= 15 is 0 Å². The van der Waals surface area contributed by atoms with Gasteiger partial charge in [-0.3, -0.25) is 9.48 Å². The number of nitrogens with one attached hydrogen (secondary N) is 1. The number of nitrogens with two attached hydrogens (primary N) is 1. The topological polar surface area (TPSA) is 82.2 Å². The van der Waals surface area contributed by atoms with E-state index in [0.29, 0.717) is 23.6 Å². The van der Waals surface area contributed by atoms with Crippen LogP contribution in [0.4, 0.5) is 5.69 Å². The van der Waals surface area contributed by atoms with Crippen molar-refractivity contribution in [2.75, 3.05) is 12.8 Å². The van der Waals surface area contributed by atoms with Crippen molar-refractivity contribution in [3.05, 3.63) is 11.4 Å². The molecule has 1 aliphatic rings. The Kier molecular flexibility index (Phi) is 3.77. The molecule has 1 saturated carbocycles. The van der Waals surface area contributed by atoms with Crippen molar-refractivity contribution in [2.45, 2.75) is 52.8 Å². The van der Waals surface area contributed by atoms with Crippen molar-refractivity contribution in [3.8, 4) is 0 Å². The van der Waals surface area contributed by atoms with E-state index in [1.807, 2.05) is 13.8 Å². The highest BCUT2D eigenvalue weighted by Crippen LogP contribution is 2.42. The van der Waals surface area contributed by atoms with Crippen molar-refractivity contribution >= 4 is 11.6 Å². The molecule has 0 saturated heterocycles. The minimum atomic E-state index is -0.155. The summed E-state index contributed by atoms with van der Waals surface area (Å²) in [5.74, 6) is -0.155.